The molecule has 1 saturated heterocycles. The molecule has 0 aliphatic carbocycles. The number of anilines is 1. The molecule has 0 saturated carbocycles. The zero-order valence-electron chi connectivity index (χ0n) is 17.8. The number of piperazine rings is 1. The minimum Gasteiger partial charge on any atom is -0.353 e. The monoisotopic (exact) mass is 431 g/mol. The van der Waals surface area contributed by atoms with Crippen LogP contribution in [0.15, 0.2) is 42.0 Å². The number of carbonyl (C=O) groups excluding carboxylic acids is 1. The van der Waals surface area contributed by atoms with Gasteiger partial charge < -0.3 is 9.80 Å². The molecule has 0 spiro atoms. The van der Waals surface area contributed by atoms with Crippen molar-refractivity contribution in [1.29, 1.82) is 0 Å². The summed E-state index contributed by atoms with van der Waals surface area (Å²) in [4.78, 5) is 31.2. The van der Waals surface area contributed by atoms with Crippen LogP contribution in [0.1, 0.15) is 28.2 Å². The lowest BCUT2D eigenvalue weighted by molar-refractivity contribution is 0.0982. The number of thiophene rings is 1. The van der Waals surface area contributed by atoms with Crippen LogP contribution in [0.25, 0.3) is 21.0 Å². The Labute approximate surface area is 185 Å². The molecule has 5 rings (SSSR count). The number of carbonyl (C=O) groups is 1. The van der Waals surface area contributed by atoms with Crippen LogP contribution in [0.4, 0.5) is 5.82 Å². The van der Waals surface area contributed by atoms with Crippen LogP contribution >= 0.6 is 11.3 Å². The van der Waals surface area contributed by atoms with Gasteiger partial charge in [-0.2, -0.15) is 0 Å². The highest BCUT2D eigenvalue weighted by Gasteiger charge is 2.20. The van der Waals surface area contributed by atoms with Crippen molar-refractivity contribution in [3.8, 4) is 0 Å². The molecule has 3 aromatic heterocycles. The van der Waals surface area contributed by atoms with E-state index in [-0.39, 0.29) is 5.78 Å². The highest BCUT2D eigenvalue weighted by molar-refractivity contribution is 7.18. The number of Topliss-reactive ketones (excluding diaryl/α,β-unsaturated/α-hetero) is 1. The van der Waals surface area contributed by atoms with Crippen molar-refractivity contribution in [3.05, 3.63) is 59.0 Å². The van der Waals surface area contributed by atoms with Gasteiger partial charge in [-0.05, 0) is 37.9 Å². The maximum Gasteiger partial charge on any atom is 0.163 e. The maximum atomic E-state index is 12.9. The van der Waals surface area contributed by atoms with Gasteiger partial charge in [0.15, 0.2) is 5.78 Å². The molecular formula is C24H25N5OS. The first-order valence-electron chi connectivity index (χ1n) is 10.6. The third kappa shape index (κ3) is 4.03. The summed E-state index contributed by atoms with van der Waals surface area (Å²) in [6.45, 7) is 5.91. The van der Waals surface area contributed by atoms with Crippen LogP contribution in [0.3, 0.4) is 0 Å². The SMILES string of the molecule is Cc1cnc(CCC(=O)c2ccc3c(c2)nc(N2CCN(C)CC2)c2ccsc23)cn1. The smallest absolute Gasteiger partial charge is 0.163 e. The third-order valence-electron chi connectivity index (χ3n) is 5.94. The summed E-state index contributed by atoms with van der Waals surface area (Å²) < 4.78 is 1.24. The minimum atomic E-state index is 0.110. The van der Waals surface area contributed by atoms with Gasteiger partial charge in [0.05, 0.1) is 16.9 Å². The van der Waals surface area contributed by atoms with Gasteiger partial charge in [-0.25, -0.2) is 4.98 Å². The van der Waals surface area contributed by atoms with Crippen LogP contribution in [0.5, 0.6) is 0 Å². The van der Waals surface area contributed by atoms with Gasteiger partial charge in [0.1, 0.15) is 5.82 Å². The predicted molar refractivity (Wildman–Crippen MR) is 126 cm³/mol. The molecule has 4 heterocycles. The van der Waals surface area contributed by atoms with Crippen LogP contribution in [0.2, 0.25) is 0 Å². The van der Waals surface area contributed by atoms with Crippen molar-refractivity contribution in [2.45, 2.75) is 19.8 Å². The molecule has 0 bridgehead atoms. The lowest BCUT2D eigenvalue weighted by Gasteiger charge is -2.33. The lowest BCUT2D eigenvalue weighted by atomic mass is 10.0. The minimum absolute atomic E-state index is 0.110. The molecule has 1 aliphatic heterocycles. The average molecular weight is 432 g/mol. The first-order chi connectivity index (χ1) is 15.1. The standard InChI is InChI=1S/C24H25N5OS/c1-16-14-26-18(15-25-16)4-6-22(30)17-3-5-19-21(13-17)27-24(20-7-12-31-23(19)20)29-10-8-28(2)9-11-29/h3,5,7,12-15H,4,6,8-11H2,1-2H3. The third-order valence-corrected chi connectivity index (χ3v) is 6.89. The van der Waals surface area contributed by atoms with E-state index in [9.17, 15) is 4.79 Å². The van der Waals surface area contributed by atoms with Gasteiger partial charge in [-0.15, -0.1) is 11.3 Å². The molecule has 1 aromatic carbocycles. The molecule has 0 atom stereocenters. The number of hydrogen-bond donors (Lipinski definition) is 0. The van der Waals surface area contributed by atoms with Gasteiger partial charge in [0.2, 0.25) is 0 Å². The summed E-state index contributed by atoms with van der Waals surface area (Å²) in [6.07, 6.45) is 4.50. The highest BCUT2D eigenvalue weighted by atomic mass is 32.1. The summed E-state index contributed by atoms with van der Waals surface area (Å²) in [7, 11) is 2.16. The van der Waals surface area contributed by atoms with E-state index >= 15 is 0 Å². The summed E-state index contributed by atoms with van der Waals surface area (Å²) >= 11 is 1.74. The number of aromatic nitrogens is 3. The van der Waals surface area contributed by atoms with E-state index in [0.717, 1.165) is 54.3 Å². The molecule has 0 unspecified atom stereocenters. The number of benzene rings is 1. The Kier molecular flexibility index (Phi) is 5.38. The van der Waals surface area contributed by atoms with Gasteiger partial charge in [0, 0.05) is 66.0 Å². The van der Waals surface area contributed by atoms with E-state index in [1.165, 1.54) is 10.1 Å². The largest absolute Gasteiger partial charge is 0.353 e. The maximum absolute atomic E-state index is 12.9. The second kappa shape index (κ2) is 8.32. The van der Waals surface area contributed by atoms with E-state index in [0.29, 0.717) is 18.4 Å². The molecule has 0 N–H and O–H groups in total. The Bertz CT molecular complexity index is 1240. The van der Waals surface area contributed by atoms with E-state index in [2.05, 4.69) is 38.3 Å². The average Bonchev–Trinajstić information content (AvgIpc) is 3.28. The normalized spacial score (nSPS) is 15.1. The molecule has 0 radical (unpaired) electrons. The fourth-order valence-corrected chi connectivity index (χ4v) is 4.98. The Balaban J connectivity index is 1.45. The van der Waals surface area contributed by atoms with Crippen molar-refractivity contribution in [1.82, 2.24) is 19.9 Å². The van der Waals surface area contributed by atoms with Crippen molar-refractivity contribution >= 4 is 43.9 Å². The van der Waals surface area contributed by atoms with Gasteiger partial charge >= 0.3 is 0 Å². The Morgan fingerprint density at radius 3 is 2.68 bits per heavy atom. The predicted octanol–water partition coefficient (Wildman–Crippen LogP) is 4.12. The van der Waals surface area contributed by atoms with Crippen molar-refractivity contribution in [3.63, 3.8) is 0 Å². The topological polar surface area (TPSA) is 62.2 Å². The van der Waals surface area contributed by atoms with Crippen LogP contribution < -0.4 is 4.90 Å². The number of rotatable bonds is 5. The molecule has 0 amide bonds. The van der Waals surface area contributed by atoms with Crippen molar-refractivity contribution in [2.75, 3.05) is 38.1 Å². The summed E-state index contributed by atoms with van der Waals surface area (Å²) in [5.74, 6) is 1.15. The molecule has 158 valence electrons. The Morgan fingerprint density at radius 1 is 1.06 bits per heavy atom. The lowest BCUT2D eigenvalue weighted by Crippen LogP contribution is -2.44. The van der Waals surface area contributed by atoms with Crippen LogP contribution in [-0.4, -0.2) is 58.9 Å². The van der Waals surface area contributed by atoms with Crippen molar-refractivity contribution in [2.24, 2.45) is 0 Å². The van der Waals surface area contributed by atoms with E-state index in [1.54, 1.807) is 23.7 Å². The first-order valence-corrected chi connectivity index (χ1v) is 11.5. The molecular weight excluding hydrogens is 406 g/mol. The highest BCUT2D eigenvalue weighted by Crippen LogP contribution is 2.36. The molecule has 4 aromatic rings. The number of ketones is 1. The molecule has 31 heavy (non-hydrogen) atoms. The fraction of sp³-hybridized carbons (Fsp3) is 0.333. The molecule has 1 aliphatic rings. The molecule has 1 fully saturated rings. The summed E-state index contributed by atoms with van der Waals surface area (Å²) in [6, 6.07) is 8.11. The zero-order valence-corrected chi connectivity index (χ0v) is 18.7. The number of likely N-dealkylation sites (N-methyl/N-ethyl adjacent to an activating group) is 1. The Morgan fingerprint density at radius 2 is 1.90 bits per heavy atom. The molecule has 6 nitrogen and oxygen atoms in total. The summed E-state index contributed by atoms with van der Waals surface area (Å²) in [5.41, 5.74) is 3.33. The number of aryl methyl sites for hydroxylation is 2. The Hall–Kier alpha value is -2.90. The first kappa shape index (κ1) is 20.0. The number of pyridine rings is 1. The van der Waals surface area contributed by atoms with Gasteiger partial charge in [0.25, 0.3) is 0 Å². The van der Waals surface area contributed by atoms with E-state index in [4.69, 9.17) is 4.98 Å². The second-order valence-corrected chi connectivity index (χ2v) is 9.11. The van der Waals surface area contributed by atoms with Crippen molar-refractivity contribution < 1.29 is 4.79 Å². The quantitative estimate of drug-likeness (QED) is 0.443. The number of hydrogen-bond acceptors (Lipinski definition) is 7. The van der Waals surface area contributed by atoms with Crippen LogP contribution in [0, 0.1) is 6.92 Å². The van der Waals surface area contributed by atoms with E-state index in [1.807, 2.05) is 25.1 Å². The van der Waals surface area contributed by atoms with E-state index < -0.39 is 0 Å². The summed E-state index contributed by atoms with van der Waals surface area (Å²) in [5, 5.41) is 4.45. The van der Waals surface area contributed by atoms with Crippen LogP contribution in [-0.2, 0) is 6.42 Å². The van der Waals surface area contributed by atoms with Gasteiger partial charge in [-0.1, -0.05) is 12.1 Å². The fourth-order valence-electron chi connectivity index (χ4n) is 4.05. The van der Waals surface area contributed by atoms with Gasteiger partial charge in [-0.3, -0.25) is 14.8 Å². The second-order valence-electron chi connectivity index (χ2n) is 8.19. The molecule has 7 heteroatoms. The number of fused-ring (bicyclic) bond motifs is 3. The number of nitrogens with zero attached hydrogens (tertiary/aromatic N) is 5. The zero-order chi connectivity index (χ0) is 21.4.